The van der Waals surface area contributed by atoms with Gasteiger partial charge in [-0.3, -0.25) is 4.79 Å². The first-order valence-corrected chi connectivity index (χ1v) is 7.86. The van der Waals surface area contributed by atoms with E-state index in [0.717, 1.165) is 37.3 Å². The second kappa shape index (κ2) is 7.98. The minimum Gasteiger partial charge on any atom is -0.369 e. The predicted molar refractivity (Wildman–Crippen MR) is 85.3 cm³/mol. The molecule has 0 saturated heterocycles. The van der Waals surface area contributed by atoms with E-state index in [2.05, 4.69) is 20.9 Å². The first-order valence-electron chi connectivity index (χ1n) is 7.86. The molecule has 1 atom stereocenters. The number of hydrogen-bond donors (Lipinski definition) is 3. The third-order valence-electron chi connectivity index (χ3n) is 3.97. The fourth-order valence-corrected chi connectivity index (χ4v) is 2.63. The molecule has 1 aliphatic rings. The Kier molecular flexibility index (Phi) is 5.99. The summed E-state index contributed by atoms with van der Waals surface area (Å²) in [6.07, 6.45) is 6.50. The summed E-state index contributed by atoms with van der Waals surface area (Å²) < 4.78 is 0. The minimum absolute atomic E-state index is 0.107. The van der Waals surface area contributed by atoms with E-state index < -0.39 is 0 Å². The lowest BCUT2D eigenvalue weighted by molar-refractivity contribution is -0.123. The predicted octanol–water partition coefficient (Wildman–Crippen LogP) is 1.84. The molecule has 1 fully saturated rings. The van der Waals surface area contributed by atoms with Crippen LogP contribution in [0.5, 0.6) is 0 Å². The van der Waals surface area contributed by atoms with Crippen LogP contribution in [0.1, 0.15) is 38.2 Å². The Morgan fingerprint density at radius 3 is 2.86 bits per heavy atom. The number of pyridine rings is 1. The summed E-state index contributed by atoms with van der Waals surface area (Å²) in [6, 6.07) is 4.18. The van der Waals surface area contributed by atoms with E-state index in [0.29, 0.717) is 6.04 Å². The second-order valence-corrected chi connectivity index (χ2v) is 5.76. The van der Waals surface area contributed by atoms with Crippen LogP contribution in [0.3, 0.4) is 0 Å². The molecule has 5 nitrogen and oxygen atoms in total. The lowest BCUT2D eigenvalue weighted by atomic mass is 10.2. The van der Waals surface area contributed by atoms with Crippen LogP contribution in [0, 0.1) is 6.92 Å². The molecular weight excluding hydrogens is 264 g/mol. The third-order valence-corrected chi connectivity index (χ3v) is 3.97. The molecule has 116 valence electrons. The number of anilines is 1. The van der Waals surface area contributed by atoms with Gasteiger partial charge in [-0.1, -0.05) is 18.9 Å². The first kappa shape index (κ1) is 15.8. The zero-order valence-corrected chi connectivity index (χ0v) is 13.0. The molecule has 2 rings (SSSR count). The van der Waals surface area contributed by atoms with Crippen LogP contribution in [-0.4, -0.2) is 36.1 Å². The first-order chi connectivity index (χ1) is 10.2. The average molecular weight is 290 g/mol. The molecule has 5 heteroatoms. The van der Waals surface area contributed by atoms with Crippen LogP contribution in [0.25, 0.3) is 0 Å². The number of aryl methyl sites for hydroxylation is 1. The molecule has 0 spiro atoms. The summed E-state index contributed by atoms with van der Waals surface area (Å²) in [7, 11) is 0. The maximum Gasteiger partial charge on any atom is 0.237 e. The van der Waals surface area contributed by atoms with Crippen molar-refractivity contribution >= 4 is 11.7 Å². The van der Waals surface area contributed by atoms with Crippen molar-refractivity contribution in [1.29, 1.82) is 0 Å². The number of nitrogens with one attached hydrogen (secondary N) is 3. The normalized spacial score (nSPS) is 16.7. The third kappa shape index (κ3) is 5.01. The SMILES string of the molecule is Cc1cccnc1NCCN[C@H](C)C(=O)NC1CCCC1. The van der Waals surface area contributed by atoms with E-state index in [9.17, 15) is 4.79 Å². The van der Waals surface area contributed by atoms with Crippen LogP contribution in [0.4, 0.5) is 5.82 Å². The summed E-state index contributed by atoms with van der Waals surface area (Å²) in [4.78, 5) is 16.3. The molecule has 0 aromatic carbocycles. The molecule has 3 N–H and O–H groups in total. The Labute approximate surface area is 126 Å². The zero-order valence-electron chi connectivity index (χ0n) is 13.0. The van der Waals surface area contributed by atoms with Gasteiger partial charge in [0.25, 0.3) is 0 Å². The largest absolute Gasteiger partial charge is 0.369 e. The van der Waals surface area contributed by atoms with Gasteiger partial charge in [-0.05, 0) is 38.3 Å². The summed E-state index contributed by atoms with van der Waals surface area (Å²) >= 11 is 0. The molecule has 1 amide bonds. The van der Waals surface area contributed by atoms with Crippen molar-refractivity contribution in [2.24, 2.45) is 0 Å². The molecule has 1 aromatic rings. The Morgan fingerprint density at radius 2 is 2.14 bits per heavy atom. The molecule has 21 heavy (non-hydrogen) atoms. The number of nitrogens with zero attached hydrogens (tertiary/aromatic N) is 1. The molecular formula is C16H26N4O. The highest BCUT2D eigenvalue weighted by Gasteiger charge is 2.19. The van der Waals surface area contributed by atoms with Crippen LogP contribution < -0.4 is 16.0 Å². The Balaban J connectivity index is 1.63. The topological polar surface area (TPSA) is 66.0 Å². The number of carbonyl (C=O) groups excluding carboxylic acids is 1. The quantitative estimate of drug-likeness (QED) is 0.670. The van der Waals surface area contributed by atoms with E-state index >= 15 is 0 Å². The van der Waals surface area contributed by atoms with Crippen LogP contribution in [-0.2, 0) is 4.79 Å². The van der Waals surface area contributed by atoms with Crippen molar-refractivity contribution in [2.75, 3.05) is 18.4 Å². The number of amides is 1. The van der Waals surface area contributed by atoms with E-state index in [4.69, 9.17) is 0 Å². The lowest BCUT2D eigenvalue weighted by Crippen LogP contribution is -2.46. The Hall–Kier alpha value is -1.62. The van der Waals surface area contributed by atoms with Crippen molar-refractivity contribution in [3.05, 3.63) is 23.9 Å². The maximum atomic E-state index is 12.0. The van der Waals surface area contributed by atoms with E-state index in [1.165, 1.54) is 12.8 Å². The van der Waals surface area contributed by atoms with Crippen molar-refractivity contribution in [3.63, 3.8) is 0 Å². The standard InChI is InChI=1S/C16H26N4O/c1-12-6-5-9-18-15(12)19-11-10-17-13(2)16(21)20-14-7-3-4-8-14/h5-6,9,13-14,17H,3-4,7-8,10-11H2,1-2H3,(H,18,19)(H,20,21)/t13-/m1/s1. The summed E-state index contributed by atoms with van der Waals surface area (Å²) in [5.41, 5.74) is 1.13. The van der Waals surface area contributed by atoms with Gasteiger partial charge in [0.15, 0.2) is 0 Å². The monoisotopic (exact) mass is 290 g/mol. The van der Waals surface area contributed by atoms with E-state index in [-0.39, 0.29) is 11.9 Å². The van der Waals surface area contributed by atoms with Gasteiger partial charge in [0.2, 0.25) is 5.91 Å². The van der Waals surface area contributed by atoms with Gasteiger partial charge in [-0.15, -0.1) is 0 Å². The van der Waals surface area contributed by atoms with Gasteiger partial charge in [0, 0.05) is 25.3 Å². The number of rotatable bonds is 7. The van der Waals surface area contributed by atoms with Crippen molar-refractivity contribution in [2.45, 2.75) is 51.6 Å². The number of hydrogen-bond acceptors (Lipinski definition) is 4. The van der Waals surface area contributed by atoms with Crippen molar-refractivity contribution in [3.8, 4) is 0 Å². The molecule has 1 aliphatic carbocycles. The number of aromatic nitrogens is 1. The van der Waals surface area contributed by atoms with Crippen LogP contribution >= 0.6 is 0 Å². The van der Waals surface area contributed by atoms with Gasteiger partial charge in [0.1, 0.15) is 5.82 Å². The van der Waals surface area contributed by atoms with E-state index in [1.54, 1.807) is 6.20 Å². The molecule has 1 aromatic heterocycles. The fraction of sp³-hybridized carbons (Fsp3) is 0.625. The highest BCUT2D eigenvalue weighted by molar-refractivity contribution is 5.81. The highest BCUT2D eigenvalue weighted by Crippen LogP contribution is 2.17. The van der Waals surface area contributed by atoms with E-state index in [1.807, 2.05) is 26.0 Å². The van der Waals surface area contributed by atoms with Gasteiger partial charge < -0.3 is 16.0 Å². The van der Waals surface area contributed by atoms with Crippen LogP contribution in [0.2, 0.25) is 0 Å². The number of carbonyl (C=O) groups is 1. The molecule has 1 saturated carbocycles. The molecule has 0 unspecified atom stereocenters. The lowest BCUT2D eigenvalue weighted by Gasteiger charge is -2.18. The van der Waals surface area contributed by atoms with Gasteiger partial charge in [0.05, 0.1) is 6.04 Å². The smallest absolute Gasteiger partial charge is 0.237 e. The molecule has 1 heterocycles. The second-order valence-electron chi connectivity index (χ2n) is 5.76. The maximum absolute atomic E-state index is 12.0. The Morgan fingerprint density at radius 1 is 1.38 bits per heavy atom. The van der Waals surface area contributed by atoms with Gasteiger partial charge >= 0.3 is 0 Å². The molecule has 0 aliphatic heterocycles. The summed E-state index contributed by atoms with van der Waals surface area (Å²) in [5.74, 6) is 1.01. The van der Waals surface area contributed by atoms with Crippen molar-refractivity contribution < 1.29 is 4.79 Å². The highest BCUT2D eigenvalue weighted by atomic mass is 16.2. The van der Waals surface area contributed by atoms with Gasteiger partial charge in [-0.25, -0.2) is 4.98 Å². The minimum atomic E-state index is -0.155. The molecule has 0 radical (unpaired) electrons. The zero-order chi connectivity index (χ0) is 15.1. The van der Waals surface area contributed by atoms with Crippen molar-refractivity contribution in [1.82, 2.24) is 15.6 Å². The summed E-state index contributed by atoms with van der Waals surface area (Å²) in [6.45, 7) is 5.42. The molecule has 0 bridgehead atoms. The average Bonchev–Trinajstić information content (AvgIpc) is 2.98. The Bertz CT molecular complexity index is 457. The summed E-state index contributed by atoms with van der Waals surface area (Å²) in [5, 5.41) is 9.63. The van der Waals surface area contributed by atoms with Crippen LogP contribution in [0.15, 0.2) is 18.3 Å². The van der Waals surface area contributed by atoms with Gasteiger partial charge in [-0.2, -0.15) is 0 Å². The fourth-order valence-electron chi connectivity index (χ4n) is 2.63.